The van der Waals surface area contributed by atoms with Gasteiger partial charge in [-0.1, -0.05) is 49.7 Å². The number of benzene rings is 1. The minimum absolute atomic E-state index is 0.435. The van der Waals surface area contributed by atoms with Crippen molar-refractivity contribution in [2.75, 3.05) is 0 Å². The molecular weight excluding hydrogens is 292 g/mol. The minimum Gasteiger partial charge on any atom is -0.389 e. The fourth-order valence-corrected chi connectivity index (χ4v) is 3.20. The molecule has 0 amide bonds. The van der Waals surface area contributed by atoms with Gasteiger partial charge >= 0.3 is 0 Å². The van der Waals surface area contributed by atoms with E-state index >= 15 is 0 Å². The van der Waals surface area contributed by atoms with Gasteiger partial charge in [-0.3, -0.25) is 0 Å². The van der Waals surface area contributed by atoms with Gasteiger partial charge in [0.25, 0.3) is 0 Å². The van der Waals surface area contributed by atoms with Crippen molar-refractivity contribution in [1.82, 2.24) is 0 Å². The Morgan fingerprint density at radius 1 is 0.944 bits per heavy atom. The topological polar surface area (TPSA) is 40.5 Å². The normalized spacial score (nSPS) is 28.9. The van der Waals surface area contributed by atoms with Crippen LogP contribution in [0, 0.1) is 6.92 Å². The van der Waals surface area contributed by atoms with Crippen LogP contribution >= 0.6 is 15.9 Å². The van der Waals surface area contributed by atoms with Crippen LogP contribution in [0.3, 0.4) is 0 Å². The Labute approximate surface area is 117 Å². The van der Waals surface area contributed by atoms with E-state index in [-0.39, 0.29) is 0 Å². The van der Waals surface area contributed by atoms with Crippen molar-refractivity contribution in [1.29, 1.82) is 0 Å². The first kappa shape index (κ1) is 14.0. The summed E-state index contributed by atoms with van der Waals surface area (Å²) in [7, 11) is 0. The number of aliphatic hydroxyl groups is 2. The monoisotopic (exact) mass is 312 g/mol. The number of hydrogen-bond donors (Lipinski definition) is 2. The van der Waals surface area contributed by atoms with Crippen molar-refractivity contribution >= 4 is 15.9 Å². The molecule has 1 aromatic rings. The van der Waals surface area contributed by atoms with Crippen molar-refractivity contribution < 1.29 is 10.2 Å². The molecule has 0 saturated carbocycles. The Hall–Kier alpha value is -0.380. The molecule has 0 aromatic heterocycles. The summed E-state index contributed by atoms with van der Waals surface area (Å²) >= 11 is 3.55. The van der Waals surface area contributed by atoms with Crippen LogP contribution in [0.5, 0.6) is 0 Å². The Bertz CT molecular complexity index is 447. The fraction of sp³-hybridized carbons (Fsp3) is 0.600. The van der Waals surface area contributed by atoms with Gasteiger partial charge in [-0.2, -0.15) is 0 Å². The van der Waals surface area contributed by atoms with E-state index in [9.17, 15) is 10.2 Å². The summed E-state index contributed by atoms with van der Waals surface area (Å²) < 4.78 is 1.05. The van der Waals surface area contributed by atoms with Crippen LogP contribution in [0.2, 0.25) is 0 Å². The molecular formula is C15H21BrO2. The third-order valence-electron chi connectivity index (χ3n) is 4.47. The zero-order valence-electron chi connectivity index (χ0n) is 11.6. The van der Waals surface area contributed by atoms with Gasteiger partial charge in [0.15, 0.2) is 0 Å². The maximum absolute atomic E-state index is 10.4. The molecule has 18 heavy (non-hydrogen) atoms. The van der Waals surface area contributed by atoms with Gasteiger partial charge in [0.05, 0.1) is 12.2 Å². The van der Waals surface area contributed by atoms with E-state index in [0.717, 1.165) is 21.2 Å². The highest BCUT2D eigenvalue weighted by Gasteiger charge is 2.50. The van der Waals surface area contributed by atoms with E-state index in [1.165, 1.54) is 0 Å². The lowest BCUT2D eigenvalue weighted by molar-refractivity contribution is -0.0673. The first-order valence-electron chi connectivity index (χ1n) is 6.27. The molecule has 0 bridgehead atoms. The van der Waals surface area contributed by atoms with Crippen LogP contribution in [-0.4, -0.2) is 22.4 Å². The lowest BCUT2D eigenvalue weighted by Crippen LogP contribution is -2.56. The largest absolute Gasteiger partial charge is 0.389 e. The summed E-state index contributed by atoms with van der Waals surface area (Å²) in [6.45, 7) is 9.99. The van der Waals surface area contributed by atoms with Crippen molar-refractivity contribution in [2.45, 2.75) is 57.7 Å². The smallest absolute Gasteiger partial charge is 0.0898 e. The highest BCUT2D eigenvalue weighted by atomic mass is 79.9. The predicted molar refractivity (Wildman–Crippen MR) is 76.9 cm³/mol. The van der Waals surface area contributed by atoms with Crippen LogP contribution in [0.1, 0.15) is 44.4 Å². The molecule has 1 aliphatic carbocycles. The molecule has 3 heteroatoms. The molecule has 0 heterocycles. The number of hydrogen-bond acceptors (Lipinski definition) is 2. The summed E-state index contributed by atoms with van der Waals surface area (Å²) in [5.74, 6) is 0. The standard InChI is InChI=1S/C15H21BrO2/c1-8-6-9-10(7-11(8)16)15(4,5)13(18)12(17)14(9,2)3/h6-7,12-13,17-18H,1-5H3/t12-,13+/m1/s1. The molecule has 2 atom stereocenters. The molecule has 0 radical (unpaired) electrons. The molecule has 1 aromatic carbocycles. The Balaban J connectivity index is 2.78. The molecule has 1 aliphatic rings. The van der Waals surface area contributed by atoms with Crippen molar-refractivity contribution in [3.05, 3.63) is 33.3 Å². The van der Waals surface area contributed by atoms with Crippen LogP contribution in [0.25, 0.3) is 0 Å². The molecule has 2 N–H and O–H groups in total. The SMILES string of the molecule is Cc1cc2c(cc1Br)C(C)(C)[C@@H](O)[C@@H](O)C2(C)C. The Morgan fingerprint density at radius 3 is 1.78 bits per heavy atom. The van der Waals surface area contributed by atoms with Crippen molar-refractivity contribution in [2.24, 2.45) is 0 Å². The number of halogens is 1. The summed E-state index contributed by atoms with van der Waals surface area (Å²) in [5.41, 5.74) is 2.52. The second-order valence-electron chi connectivity index (χ2n) is 6.48. The summed E-state index contributed by atoms with van der Waals surface area (Å²) in [6.07, 6.45) is -1.50. The van der Waals surface area contributed by atoms with E-state index in [1.807, 2.05) is 34.6 Å². The number of aliphatic hydroxyl groups excluding tert-OH is 2. The quantitative estimate of drug-likeness (QED) is 0.773. The van der Waals surface area contributed by atoms with Gasteiger partial charge in [0.1, 0.15) is 0 Å². The molecule has 2 nitrogen and oxygen atoms in total. The molecule has 100 valence electrons. The molecule has 2 rings (SSSR count). The lowest BCUT2D eigenvalue weighted by Gasteiger charge is -2.49. The third kappa shape index (κ3) is 1.75. The van der Waals surface area contributed by atoms with Crippen LogP contribution in [-0.2, 0) is 10.8 Å². The summed E-state index contributed by atoms with van der Waals surface area (Å²) in [6, 6.07) is 4.21. The average Bonchev–Trinajstić information content (AvgIpc) is 2.28. The zero-order valence-corrected chi connectivity index (χ0v) is 13.2. The maximum Gasteiger partial charge on any atom is 0.0898 e. The van der Waals surface area contributed by atoms with E-state index in [0.29, 0.717) is 0 Å². The van der Waals surface area contributed by atoms with Gasteiger partial charge in [-0.15, -0.1) is 0 Å². The Kier molecular flexibility index (Phi) is 3.16. The van der Waals surface area contributed by atoms with E-state index < -0.39 is 23.0 Å². The van der Waals surface area contributed by atoms with E-state index in [4.69, 9.17) is 0 Å². The molecule has 0 fully saturated rings. The summed E-state index contributed by atoms with van der Waals surface area (Å²) in [4.78, 5) is 0. The van der Waals surface area contributed by atoms with Crippen molar-refractivity contribution in [3.8, 4) is 0 Å². The van der Waals surface area contributed by atoms with Gasteiger partial charge in [-0.05, 0) is 29.7 Å². The number of rotatable bonds is 0. The number of aryl methyl sites for hydroxylation is 1. The van der Waals surface area contributed by atoms with Gasteiger partial charge in [0, 0.05) is 15.3 Å². The minimum atomic E-state index is -0.755. The fourth-order valence-electron chi connectivity index (χ4n) is 2.86. The van der Waals surface area contributed by atoms with Gasteiger partial charge in [0.2, 0.25) is 0 Å². The van der Waals surface area contributed by atoms with Gasteiger partial charge in [-0.25, -0.2) is 0 Å². The lowest BCUT2D eigenvalue weighted by atomic mass is 9.60. The second-order valence-corrected chi connectivity index (χ2v) is 7.33. The van der Waals surface area contributed by atoms with E-state index in [2.05, 4.69) is 28.1 Å². The van der Waals surface area contributed by atoms with Gasteiger partial charge < -0.3 is 10.2 Å². The third-order valence-corrected chi connectivity index (χ3v) is 5.32. The Morgan fingerprint density at radius 2 is 1.33 bits per heavy atom. The molecule has 0 aliphatic heterocycles. The van der Waals surface area contributed by atoms with E-state index in [1.54, 1.807) is 0 Å². The average molecular weight is 313 g/mol. The van der Waals surface area contributed by atoms with Crippen molar-refractivity contribution in [3.63, 3.8) is 0 Å². The highest BCUT2D eigenvalue weighted by Crippen LogP contribution is 2.47. The summed E-state index contributed by atoms with van der Waals surface area (Å²) in [5, 5.41) is 20.8. The zero-order chi connectivity index (χ0) is 13.9. The van der Waals surface area contributed by atoms with Crippen LogP contribution in [0.15, 0.2) is 16.6 Å². The highest BCUT2D eigenvalue weighted by molar-refractivity contribution is 9.10. The predicted octanol–water partition coefficient (Wildman–Crippen LogP) is 3.05. The maximum atomic E-state index is 10.4. The number of fused-ring (bicyclic) bond motifs is 1. The molecule has 0 spiro atoms. The first-order chi connectivity index (χ1) is 8.10. The first-order valence-corrected chi connectivity index (χ1v) is 7.06. The molecule has 0 unspecified atom stereocenters. The molecule has 0 saturated heterocycles. The van der Waals surface area contributed by atoms with Crippen LogP contribution < -0.4 is 0 Å². The second kappa shape index (κ2) is 4.06. The van der Waals surface area contributed by atoms with Crippen LogP contribution in [0.4, 0.5) is 0 Å².